The molecular weight excluding hydrogens is 260 g/mol. The average molecular weight is 286 g/mol. The van der Waals surface area contributed by atoms with E-state index in [9.17, 15) is 4.79 Å². The highest BCUT2D eigenvalue weighted by molar-refractivity contribution is 7.99. The van der Waals surface area contributed by atoms with Gasteiger partial charge in [-0.15, -0.1) is 0 Å². The van der Waals surface area contributed by atoms with Crippen molar-refractivity contribution >= 4 is 17.7 Å². The van der Waals surface area contributed by atoms with Crippen LogP contribution in [0.4, 0.5) is 0 Å². The maximum atomic E-state index is 12.8. The average Bonchev–Trinajstić information content (AvgIpc) is 3.07. The molecule has 0 radical (unpaired) electrons. The molecule has 5 heteroatoms. The molecule has 0 aromatic carbocycles. The summed E-state index contributed by atoms with van der Waals surface area (Å²) >= 11 is 1.95. The molecule has 19 heavy (non-hydrogen) atoms. The van der Waals surface area contributed by atoms with Crippen LogP contribution >= 0.6 is 11.8 Å². The van der Waals surface area contributed by atoms with Gasteiger partial charge in [0.2, 0.25) is 5.91 Å². The van der Waals surface area contributed by atoms with Crippen LogP contribution in [0.2, 0.25) is 0 Å². The number of carbonyl (C=O) groups excluding carboxylic acids is 1. The van der Waals surface area contributed by atoms with Crippen LogP contribution in [0.15, 0.2) is 0 Å². The SMILES string of the molecule is CNC(C)(C)C(=O)N(CC1CCCO1)C1CCSC1. The Morgan fingerprint density at radius 2 is 2.26 bits per heavy atom. The lowest BCUT2D eigenvalue weighted by Gasteiger charge is -2.36. The van der Waals surface area contributed by atoms with Crippen molar-refractivity contribution in [2.45, 2.75) is 50.8 Å². The van der Waals surface area contributed by atoms with Gasteiger partial charge < -0.3 is 15.0 Å². The van der Waals surface area contributed by atoms with Gasteiger partial charge in [0.25, 0.3) is 0 Å². The Kier molecular flexibility index (Phi) is 5.15. The van der Waals surface area contributed by atoms with E-state index in [1.807, 2.05) is 32.7 Å². The molecule has 2 saturated heterocycles. The first-order chi connectivity index (χ1) is 9.04. The lowest BCUT2D eigenvalue weighted by Crippen LogP contribution is -2.57. The Labute approximate surface area is 120 Å². The van der Waals surface area contributed by atoms with Gasteiger partial charge in [0.15, 0.2) is 0 Å². The lowest BCUT2D eigenvalue weighted by atomic mass is 10.0. The molecular formula is C14H26N2O2S. The molecule has 2 heterocycles. The Hall–Kier alpha value is -0.260. The Bertz CT molecular complexity index is 311. The predicted octanol–water partition coefficient (Wildman–Crippen LogP) is 1.50. The van der Waals surface area contributed by atoms with Crippen molar-refractivity contribution in [3.63, 3.8) is 0 Å². The summed E-state index contributed by atoms with van der Waals surface area (Å²) in [6, 6.07) is 0.384. The number of nitrogens with one attached hydrogen (secondary N) is 1. The zero-order valence-electron chi connectivity index (χ0n) is 12.3. The number of carbonyl (C=O) groups is 1. The molecule has 0 aromatic heterocycles. The lowest BCUT2D eigenvalue weighted by molar-refractivity contribution is -0.140. The molecule has 110 valence electrons. The number of ether oxygens (including phenoxy) is 1. The number of amides is 1. The quantitative estimate of drug-likeness (QED) is 0.831. The zero-order valence-corrected chi connectivity index (χ0v) is 13.1. The highest BCUT2D eigenvalue weighted by Gasteiger charge is 2.37. The van der Waals surface area contributed by atoms with Crippen molar-refractivity contribution < 1.29 is 9.53 Å². The highest BCUT2D eigenvalue weighted by atomic mass is 32.2. The molecule has 0 spiro atoms. The van der Waals surface area contributed by atoms with Crippen molar-refractivity contribution in [1.29, 1.82) is 0 Å². The van der Waals surface area contributed by atoms with Crippen molar-refractivity contribution in [2.24, 2.45) is 0 Å². The Morgan fingerprint density at radius 1 is 1.47 bits per heavy atom. The summed E-state index contributed by atoms with van der Waals surface area (Å²) in [6.07, 6.45) is 3.57. The summed E-state index contributed by atoms with van der Waals surface area (Å²) in [5.74, 6) is 2.44. The topological polar surface area (TPSA) is 41.6 Å². The van der Waals surface area contributed by atoms with Gasteiger partial charge in [-0.3, -0.25) is 4.79 Å². The van der Waals surface area contributed by atoms with E-state index in [4.69, 9.17) is 4.74 Å². The van der Waals surface area contributed by atoms with Gasteiger partial charge in [0.1, 0.15) is 0 Å². The minimum atomic E-state index is -0.494. The molecule has 4 nitrogen and oxygen atoms in total. The highest BCUT2D eigenvalue weighted by Crippen LogP contribution is 2.26. The van der Waals surface area contributed by atoms with Gasteiger partial charge in [0.05, 0.1) is 11.6 Å². The van der Waals surface area contributed by atoms with E-state index >= 15 is 0 Å². The molecule has 1 amide bonds. The zero-order chi connectivity index (χ0) is 13.9. The number of hydrogen-bond acceptors (Lipinski definition) is 4. The largest absolute Gasteiger partial charge is 0.376 e. The van der Waals surface area contributed by atoms with E-state index in [0.717, 1.165) is 38.2 Å². The molecule has 2 rings (SSSR count). The normalized spacial score (nSPS) is 27.7. The van der Waals surface area contributed by atoms with Crippen LogP contribution in [0.25, 0.3) is 0 Å². The number of thioether (sulfide) groups is 1. The van der Waals surface area contributed by atoms with Gasteiger partial charge in [-0.2, -0.15) is 11.8 Å². The molecule has 0 saturated carbocycles. The fourth-order valence-corrected chi connectivity index (χ4v) is 3.86. The maximum Gasteiger partial charge on any atom is 0.242 e. The van der Waals surface area contributed by atoms with Crippen LogP contribution in [-0.2, 0) is 9.53 Å². The van der Waals surface area contributed by atoms with Gasteiger partial charge in [0, 0.05) is 24.9 Å². The molecule has 2 unspecified atom stereocenters. The van der Waals surface area contributed by atoms with Gasteiger partial charge in [-0.25, -0.2) is 0 Å². The van der Waals surface area contributed by atoms with Gasteiger partial charge in [-0.05, 0) is 45.9 Å². The summed E-state index contributed by atoms with van der Waals surface area (Å²) < 4.78 is 5.72. The third-order valence-electron chi connectivity index (χ3n) is 4.19. The molecule has 0 aliphatic carbocycles. The first-order valence-electron chi connectivity index (χ1n) is 7.24. The first kappa shape index (κ1) is 15.1. The minimum absolute atomic E-state index is 0.206. The summed E-state index contributed by atoms with van der Waals surface area (Å²) in [6.45, 7) is 5.52. The van der Waals surface area contributed by atoms with Crippen LogP contribution in [0.5, 0.6) is 0 Å². The van der Waals surface area contributed by atoms with E-state index < -0.39 is 5.54 Å². The second-order valence-corrected chi connectivity index (χ2v) is 7.13. The summed E-state index contributed by atoms with van der Waals surface area (Å²) in [4.78, 5) is 14.8. The third-order valence-corrected chi connectivity index (χ3v) is 5.34. The van der Waals surface area contributed by atoms with E-state index in [2.05, 4.69) is 10.2 Å². The second kappa shape index (κ2) is 6.46. The van der Waals surface area contributed by atoms with Crippen LogP contribution in [-0.4, -0.2) is 60.2 Å². The number of nitrogens with zero attached hydrogens (tertiary/aromatic N) is 1. The van der Waals surface area contributed by atoms with Gasteiger partial charge >= 0.3 is 0 Å². The van der Waals surface area contributed by atoms with Crippen LogP contribution in [0, 0.1) is 0 Å². The van der Waals surface area contributed by atoms with Crippen LogP contribution in [0.1, 0.15) is 33.1 Å². The van der Waals surface area contributed by atoms with Crippen molar-refractivity contribution in [2.75, 3.05) is 31.7 Å². The van der Waals surface area contributed by atoms with Crippen molar-refractivity contribution in [3.8, 4) is 0 Å². The molecule has 2 aliphatic rings. The molecule has 0 bridgehead atoms. The smallest absolute Gasteiger partial charge is 0.242 e. The van der Waals surface area contributed by atoms with Crippen LogP contribution in [0.3, 0.4) is 0 Å². The van der Waals surface area contributed by atoms with Crippen LogP contribution < -0.4 is 5.32 Å². The summed E-state index contributed by atoms with van der Waals surface area (Å²) in [5, 5.41) is 3.13. The molecule has 1 N–H and O–H groups in total. The minimum Gasteiger partial charge on any atom is -0.376 e. The maximum absolute atomic E-state index is 12.8. The fraction of sp³-hybridized carbons (Fsp3) is 0.929. The standard InChI is InChI=1S/C14H26N2O2S/c1-14(2,15-3)13(17)16(11-6-8-19-10-11)9-12-5-4-7-18-12/h11-12,15H,4-10H2,1-3H3. The van der Waals surface area contributed by atoms with E-state index in [1.165, 1.54) is 5.75 Å². The predicted molar refractivity (Wildman–Crippen MR) is 79.6 cm³/mol. The van der Waals surface area contributed by atoms with E-state index in [1.54, 1.807) is 0 Å². The second-order valence-electron chi connectivity index (χ2n) is 5.98. The number of rotatable bonds is 5. The van der Waals surface area contributed by atoms with Gasteiger partial charge in [-0.1, -0.05) is 0 Å². The Balaban J connectivity index is 2.06. The number of hydrogen-bond donors (Lipinski definition) is 1. The van der Waals surface area contributed by atoms with E-state index in [-0.39, 0.29) is 12.0 Å². The summed E-state index contributed by atoms with van der Waals surface area (Å²) in [7, 11) is 1.85. The van der Waals surface area contributed by atoms with Crippen molar-refractivity contribution in [1.82, 2.24) is 10.2 Å². The monoisotopic (exact) mass is 286 g/mol. The fourth-order valence-electron chi connectivity index (χ4n) is 2.64. The first-order valence-corrected chi connectivity index (χ1v) is 8.39. The van der Waals surface area contributed by atoms with Crippen molar-refractivity contribution in [3.05, 3.63) is 0 Å². The number of likely N-dealkylation sites (N-methyl/N-ethyl adjacent to an activating group) is 1. The molecule has 2 atom stereocenters. The van der Waals surface area contributed by atoms with E-state index in [0.29, 0.717) is 6.04 Å². The Morgan fingerprint density at radius 3 is 2.79 bits per heavy atom. The third kappa shape index (κ3) is 3.64. The molecule has 0 aromatic rings. The molecule has 2 fully saturated rings. The molecule has 2 aliphatic heterocycles. The summed E-state index contributed by atoms with van der Waals surface area (Å²) in [5.41, 5.74) is -0.494.